The number of hydrogen-bond acceptors (Lipinski definition) is 9. The summed E-state index contributed by atoms with van der Waals surface area (Å²) in [6.45, 7) is 16.8. The molecule has 322 valence electrons. The summed E-state index contributed by atoms with van der Waals surface area (Å²) in [5.74, 6) is 3.76. The minimum Gasteiger partial charge on any atom is -0.508 e. The average molecular weight is 857 g/mol. The molecule has 0 saturated carbocycles. The van der Waals surface area contributed by atoms with Gasteiger partial charge in [0, 0.05) is 98.1 Å². The van der Waals surface area contributed by atoms with Crippen molar-refractivity contribution in [1.82, 2.24) is 24.6 Å². The van der Waals surface area contributed by atoms with E-state index >= 15 is 0 Å². The lowest BCUT2D eigenvalue weighted by molar-refractivity contribution is -0.138. The predicted molar refractivity (Wildman–Crippen MR) is 252 cm³/mol. The Bertz CT molecular complexity index is 2690. The fraction of sp³-hybridized carbons (Fsp3) is 0.385. The third-order valence-corrected chi connectivity index (χ3v) is 15.9. The summed E-state index contributed by atoms with van der Waals surface area (Å²) < 4.78 is 2.20. The van der Waals surface area contributed by atoms with Gasteiger partial charge in [0.05, 0.1) is 11.6 Å². The van der Waals surface area contributed by atoms with Crippen molar-refractivity contribution in [3.05, 3.63) is 153 Å². The Morgan fingerprint density at radius 2 is 1.49 bits per heavy atom. The summed E-state index contributed by atoms with van der Waals surface area (Å²) in [7, 11) is 0. The number of carbonyl (C=O) groups excluding carboxylic acids is 1. The zero-order valence-corrected chi connectivity index (χ0v) is 37.6. The number of piperazine rings is 1. The van der Waals surface area contributed by atoms with Crippen molar-refractivity contribution < 1.29 is 9.90 Å². The Morgan fingerprint density at radius 3 is 2.22 bits per heavy atom. The number of phenols is 1. The first kappa shape index (κ1) is 40.0. The molecular weight excluding hydrogens is 801 g/mol. The van der Waals surface area contributed by atoms with Crippen LogP contribution in [0.5, 0.6) is 5.75 Å². The monoisotopic (exact) mass is 856 g/mol. The number of phenolic OH excluding ortho intramolecular Hbond substituents is 1. The van der Waals surface area contributed by atoms with Crippen LogP contribution < -0.4 is 9.80 Å². The van der Waals surface area contributed by atoms with Gasteiger partial charge in [-0.15, -0.1) is 21.5 Å². The molecule has 1 amide bonds. The maximum absolute atomic E-state index is 13.7. The van der Waals surface area contributed by atoms with Crippen LogP contribution in [0.25, 0.3) is 5.00 Å². The van der Waals surface area contributed by atoms with Crippen molar-refractivity contribution >= 4 is 34.3 Å². The van der Waals surface area contributed by atoms with Crippen molar-refractivity contribution in [2.75, 3.05) is 68.7 Å². The first-order valence-electron chi connectivity index (χ1n) is 22.9. The number of aromatic nitrogens is 3. The van der Waals surface area contributed by atoms with Gasteiger partial charge in [-0.1, -0.05) is 60.7 Å². The van der Waals surface area contributed by atoms with Crippen molar-refractivity contribution in [2.45, 2.75) is 58.4 Å². The van der Waals surface area contributed by atoms with E-state index in [9.17, 15) is 9.90 Å². The first-order chi connectivity index (χ1) is 30.7. The zero-order chi connectivity index (χ0) is 42.9. The van der Waals surface area contributed by atoms with E-state index in [2.05, 4.69) is 140 Å². The Labute approximate surface area is 374 Å². The van der Waals surface area contributed by atoms with Crippen LogP contribution >= 0.6 is 11.3 Å². The SMILES string of the molecule is Cc1sc2c(c1C)C(c1ccc(N3CC(CN4CCN(C(=O)C5CN(c6ccc([C@@H]7c8ccc(O)cc8CC[C@@H]7c7ccccc7)cc6)C5)CC4)C3)cc1)=N[C@@H](C)c1nnc(C)n1-2. The van der Waals surface area contributed by atoms with E-state index in [0.29, 0.717) is 23.5 Å². The molecule has 0 spiro atoms. The molecule has 2 aromatic heterocycles. The normalized spacial score (nSPS) is 21.5. The topological polar surface area (TPSA) is 93.3 Å². The summed E-state index contributed by atoms with van der Waals surface area (Å²) in [5.41, 5.74) is 12.3. The fourth-order valence-electron chi connectivity index (χ4n) is 11.0. The van der Waals surface area contributed by atoms with Gasteiger partial charge in [0.2, 0.25) is 5.91 Å². The number of aryl methyl sites for hydroxylation is 3. The highest BCUT2D eigenvalue weighted by Crippen LogP contribution is 2.47. The van der Waals surface area contributed by atoms with Crippen LogP contribution in [0, 0.1) is 32.6 Å². The number of rotatable bonds is 8. The van der Waals surface area contributed by atoms with Crippen LogP contribution in [-0.2, 0) is 11.2 Å². The minimum atomic E-state index is -0.0890. The van der Waals surface area contributed by atoms with Crippen LogP contribution in [0.4, 0.5) is 11.4 Å². The molecule has 11 rings (SSSR count). The van der Waals surface area contributed by atoms with Gasteiger partial charge < -0.3 is 19.8 Å². The van der Waals surface area contributed by atoms with Gasteiger partial charge in [-0.05, 0) is 111 Å². The van der Waals surface area contributed by atoms with Gasteiger partial charge in [-0.2, -0.15) is 0 Å². The molecule has 1 N–H and O–H groups in total. The third-order valence-electron chi connectivity index (χ3n) is 14.7. The molecule has 1 aliphatic carbocycles. The number of benzene rings is 4. The van der Waals surface area contributed by atoms with Crippen LogP contribution in [0.3, 0.4) is 0 Å². The predicted octanol–water partition coefficient (Wildman–Crippen LogP) is 8.45. The Morgan fingerprint density at radius 1 is 0.794 bits per heavy atom. The number of nitrogens with zero attached hydrogens (tertiary/aromatic N) is 8. The van der Waals surface area contributed by atoms with E-state index in [1.54, 1.807) is 11.3 Å². The molecule has 6 aromatic rings. The third kappa shape index (κ3) is 7.23. The Balaban J connectivity index is 0.659. The highest BCUT2D eigenvalue weighted by Gasteiger charge is 2.38. The number of hydrogen-bond donors (Lipinski definition) is 1. The maximum Gasteiger partial charge on any atom is 0.229 e. The molecule has 5 aliphatic rings. The summed E-state index contributed by atoms with van der Waals surface area (Å²) in [6, 6.07) is 34.7. The van der Waals surface area contributed by atoms with E-state index in [1.807, 2.05) is 19.1 Å². The van der Waals surface area contributed by atoms with Crippen LogP contribution in [0.2, 0.25) is 0 Å². The molecule has 10 nitrogen and oxygen atoms in total. The lowest BCUT2D eigenvalue weighted by Crippen LogP contribution is -2.59. The molecule has 0 unspecified atom stereocenters. The minimum absolute atomic E-state index is 0.0622. The standard InChI is InChI=1S/C52H56N8O2S/c1-32-34(3)63-52-47(32)49(53-33(2)50-55-54-35(4)60(50)52)39-12-17-42(18-13-39)58-28-36(29-58)27-56-22-24-57(25-23-56)51(62)41-30-59(31-41)43-15-10-38(11-16-43)48-45(37-8-6-5-7-9-37)20-14-40-26-44(61)19-21-46(40)48/h5-13,15-19,21,26,33,36,41,45,48,61H,14,20,22-25,27-31H2,1-4H3/t33-,45+,48-/m0/s1. The molecule has 3 saturated heterocycles. The largest absolute Gasteiger partial charge is 0.508 e. The number of amides is 1. The van der Waals surface area contributed by atoms with Gasteiger partial charge >= 0.3 is 0 Å². The highest BCUT2D eigenvalue weighted by molar-refractivity contribution is 7.15. The summed E-state index contributed by atoms with van der Waals surface area (Å²) in [4.78, 5) is 29.7. The van der Waals surface area contributed by atoms with Crippen molar-refractivity contribution in [2.24, 2.45) is 16.8 Å². The van der Waals surface area contributed by atoms with Gasteiger partial charge in [-0.3, -0.25) is 19.3 Å². The quantitative estimate of drug-likeness (QED) is 0.164. The molecule has 11 heteroatoms. The Kier molecular flexibility index (Phi) is 10.2. The summed E-state index contributed by atoms with van der Waals surface area (Å²) in [6.07, 6.45) is 2.02. The molecular formula is C52H56N8O2S. The summed E-state index contributed by atoms with van der Waals surface area (Å²) >= 11 is 1.80. The summed E-state index contributed by atoms with van der Waals surface area (Å²) in [5, 5.41) is 20.3. The Hall–Kier alpha value is -5.78. The van der Waals surface area contributed by atoms with Crippen molar-refractivity contribution in [3.8, 4) is 10.8 Å². The van der Waals surface area contributed by atoms with Gasteiger partial charge in [0.1, 0.15) is 22.6 Å². The second-order valence-corrected chi connectivity index (χ2v) is 19.8. The molecule has 4 aliphatic heterocycles. The molecule has 63 heavy (non-hydrogen) atoms. The van der Waals surface area contributed by atoms with E-state index < -0.39 is 0 Å². The molecule has 0 bridgehead atoms. The van der Waals surface area contributed by atoms with Gasteiger partial charge in [0.15, 0.2) is 5.82 Å². The van der Waals surface area contributed by atoms with Gasteiger partial charge in [-0.25, -0.2) is 0 Å². The van der Waals surface area contributed by atoms with Gasteiger partial charge in [0.25, 0.3) is 0 Å². The second kappa shape index (κ2) is 16.1. The number of thiophene rings is 1. The molecule has 4 aromatic carbocycles. The van der Waals surface area contributed by atoms with E-state index in [1.165, 1.54) is 54.6 Å². The number of fused-ring (bicyclic) bond motifs is 4. The van der Waals surface area contributed by atoms with Crippen LogP contribution in [-0.4, -0.2) is 100 Å². The molecule has 0 radical (unpaired) electrons. The van der Waals surface area contributed by atoms with E-state index in [-0.39, 0.29) is 17.9 Å². The number of carbonyl (C=O) groups is 1. The number of aromatic hydroxyl groups is 1. The highest BCUT2D eigenvalue weighted by atomic mass is 32.1. The fourth-order valence-corrected chi connectivity index (χ4v) is 12.2. The van der Waals surface area contributed by atoms with E-state index in [0.717, 1.165) is 94.7 Å². The smallest absolute Gasteiger partial charge is 0.229 e. The average Bonchev–Trinajstić information content (AvgIpc) is 3.76. The molecule has 6 heterocycles. The van der Waals surface area contributed by atoms with Crippen LogP contribution in [0.15, 0.2) is 102 Å². The van der Waals surface area contributed by atoms with E-state index in [4.69, 9.17) is 4.99 Å². The number of aliphatic imine (C=N–C) groups is 1. The molecule has 3 atom stereocenters. The first-order valence-corrected chi connectivity index (χ1v) is 23.7. The second-order valence-electron chi connectivity index (χ2n) is 18.6. The zero-order valence-electron chi connectivity index (χ0n) is 36.7. The number of anilines is 2. The van der Waals surface area contributed by atoms with Crippen LogP contribution in [0.1, 0.15) is 86.7 Å². The van der Waals surface area contributed by atoms with Crippen molar-refractivity contribution in [3.63, 3.8) is 0 Å². The lowest BCUT2D eigenvalue weighted by Gasteiger charge is -2.46. The maximum atomic E-state index is 13.7. The van der Waals surface area contributed by atoms with Crippen molar-refractivity contribution in [1.29, 1.82) is 0 Å². The lowest BCUT2D eigenvalue weighted by atomic mass is 9.69. The molecule has 3 fully saturated rings.